The Morgan fingerprint density at radius 3 is 2.23 bits per heavy atom. The third-order valence-electron chi connectivity index (χ3n) is 3.36. The number of hydrogen-bond donors (Lipinski definition) is 0. The molecule has 0 bridgehead atoms. The molecular formula is C14H12F8O3S. The molecule has 2 rings (SSSR count). The molecule has 12 heteroatoms. The van der Waals surface area contributed by atoms with Crippen LogP contribution in [0, 0.1) is 6.92 Å². The number of carbonyl (C=O) groups excluding carboxylic acids is 1. The third-order valence-corrected chi connectivity index (χ3v) is 4.49. The van der Waals surface area contributed by atoms with Crippen LogP contribution in [0.15, 0.2) is 22.6 Å². The number of hydrogen-bond acceptors (Lipinski definition) is 3. The van der Waals surface area contributed by atoms with Crippen molar-refractivity contribution in [1.29, 1.82) is 0 Å². The lowest BCUT2D eigenvalue weighted by atomic mass is 9.99. The summed E-state index contributed by atoms with van der Waals surface area (Å²) >= 11 is 0. The third kappa shape index (κ3) is 4.05. The molecule has 1 unspecified atom stereocenters. The first kappa shape index (κ1) is 20.3. The molecular weight excluding hydrogens is 400 g/mol. The van der Waals surface area contributed by atoms with Crippen LogP contribution in [0.1, 0.15) is 18.1 Å². The zero-order valence-corrected chi connectivity index (χ0v) is 14.0. The summed E-state index contributed by atoms with van der Waals surface area (Å²) in [6.45, 7) is 1.88. The van der Waals surface area contributed by atoms with Crippen molar-refractivity contribution in [2.24, 2.45) is 0 Å². The van der Waals surface area contributed by atoms with E-state index in [0.29, 0.717) is 6.08 Å². The van der Waals surface area contributed by atoms with Crippen LogP contribution < -0.4 is 4.74 Å². The van der Waals surface area contributed by atoms with Crippen molar-refractivity contribution in [3.8, 4) is 5.75 Å². The van der Waals surface area contributed by atoms with Crippen LogP contribution in [0.4, 0.5) is 32.6 Å². The first-order chi connectivity index (χ1) is 11.4. The average Bonchev–Trinajstić information content (AvgIpc) is 2.42. The minimum Gasteiger partial charge on any atom is -0.475 e. The van der Waals surface area contributed by atoms with Crippen LogP contribution in [0.25, 0.3) is 6.08 Å². The highest BCUT2D eigenvalue weighted by Crippen LogP contribution is 3.02. The monoisotopic (exact) mass is 412 g/mol. The molecule has 1 aromatic rings. The Balaban J connectivity index is 2.71. The van der Waals surface area contributed by atoms with Crippen molar-refractivity contribution in [3.05, 3.63) is 28.8 Å². The zero-order valence-electron chi connectivity index (χ0n) is 13.2. The smallest absolute Gasteiger partial charge is 0.430 e. The molecule has 1 heterocycles. The summed E-state index contributed by atoms with van der Waals surface area (Å²) in [5, 5.41) is 0. The molecule has 0 radical (unpaired) electrons. The second kappa shape index (κ2) is 5.27. The molecule has 0 N–H and O–H groups in total. The van der Waals surface area contributed by atoms with E-state index in [2.05, 4.69) is 9.47 Å². The van der Waals surface area contributed by atoms with Crippen LogP contribution in [-0.2, 0) is 9.53 Å². The van der Waals surface area contributed by atoms with Crippen molar-refractivity contribution < 1.29 is 46.9 Å². The van der Waals surface area contributed by atoms with Gasteiger partial charge >= 0.3 is 22.4 Å². The molecule has 0 aromatic heterocycles. The average molecular weight is 412 g/mol. The summed E-state index contributed by atoms with van der Waals surface area (Å²) in [7, 11) is -10.1. The minimum absolute atomic E-state index is 0.0109. The molecule has 0 spiro atoms. The van der Waals surface area contributed by atoms with E-state index in [1.165, 1.54) is 6.92 Å². The number of alkyl halides is 3. The summed E-state index contributed by atoms with van der Waals surface area (Å²) in [5.41, 5.74) is -2.44. The van der Waals surface area contributed by atoms with Crippen LogP contribution >= 0.6 is 10.2 Å². The second-order valence-corrected chi connectivity index (χ2v) is 7.90. The quantitative estimate of drug-likeness (QED) is 0.457. The Morgan fingerprint density at radius 1 is 1.19 bits per heavy atom. The molecule has 1 aliphatic heterocycles. The lowest BCUT2D eigenvalue weighted by molar-refractivity contribution is -0.188. The van der Waals surface area contributed by atoms with Gasteiger partial charge < -0.3 is 9.47 Å². The van der Waals surface area contributed by atoms with Gasteiger partial charge in [0.25, 0.3) is 0 Å². The van der Waals surface area contributed by atoms with E-state index < -0.39 is 55.8 Å². The number of aryl methyl sites for hydroxylation is 1. The van der Waals surface area contributed by atoms with E-state index in [1.807, 2.05) is 0 Å². The van der Waals surface area contributed by atoms with Crippen LogP contribution in [-0.4, -0.2) is 24.9 Å². The van der Waals surface area contributed by atoms with E-state index in [0.717, 1.165) is 6.92 Å². The number of carbonyl (C=O) groups is 1. The van der Waals surface area contributed by atoms with E-state index in [4.69, 9.17) is 0 Å². The highest BCUT2D eigenvalue weighted by atomic mass is 32.5. The molecule has 0 saturated heterocycles. The van der Waals surface area contributed by atoms with Crippen molar-refractivity contribution >= 4 is 22.3 Å². The molecule has 0 aliphatic carbocycles. The standard InChI is InChI=1S/C14H12F8O3S/c1-3-24-13(23)10-6-8-5-9(26(18,19,20,21)22)4-7(2)11(8)25-12(10)14(15,16)17/h4-6,12H,3H2,1-2H3. The Morgan fingerprint density at radius 2 is 1.77 bits per heavy atom. The Bertz CT molecular complexity index is 795. The van der Waals surface area contributed by atoms with Crippen LogP contribution in [0.5, 0.6) is 5.75 Å². The lowest BCUT2D eigenvalue weighted by Gasteiger charge is -2.41. The van der Waals surface area contributed by atoms with Gasteiger partial charge in [-0.1, -0.05) is 19.4 Å². The van der Waals surface area contributed by atoms with Crippen LogP contribution in [0.2, 0.25) is 0 Å². The summed E-state index contributed by atoms with van der Waals surface area (Å²) in [5.74, 6) is -2.15. The summed E-state index contributed by atoms with van der Waals surface area (Å²) in [4.78, 5) is 9.43. The topological polar surface area (TPSA) is 35.5 Å². The molecule has 0 fully saturated rings. The molecule has 1 atom stereocenters. The van der Waals surface area contributed by atoms with Gasteiger partial charge in [-0.15, -0.1) is 0 Å². The minimum atomic E-state index is -10.1. The molecule has 0 saturated carbocycles. The van der Waals surface area contributed by atoms with E-state index in [9.17, 15) is 37.4 Å². The van der Waals surface area contributed by atoms with Crippen molar-refractivity contribution in [2.45, 2.75) is 31.0 Å². The Hall–Kier alpha value is -1.98. The summed E-state index contributed by atoms with van der Waals surface area (Å²) < 4.78 is 114. The Kier molecular flexibility index (Phi) is 4.12. The molecule has 1 aromatic carbocycles. The van der Waals surface area contributed by atoms with Crippen molar-refractivity contribution in [2.75, 3.05) is 6.61 Å². The number of esters is 1. The maximum Gasteiger partial charge on any atom is 0.430 e. The second-order valence-electron chi connectivity index (χ2n) is 5.49. The molecule has 3 nitrogen and oxygen atoms in total. The van der Waals surface area contributed by atoms with E-state index in [1.54, 1.807) is 0 Å². The number of halogens is 8. The first-order valence-electron chi connectivity index (χ1n) is 6.95. The molecule has 1 aliphatic rings. The highest BCUT2D eigenvalue weighted by molar-refractivity contribution is 8.45. The van der Waals surface area contributed by atoms with Crippen molar-refractivity contribution in [3.63, 3.8) is 0 Å². The van der Waals surface area contributed by atoms with Gasteiger partial charge in [0.05, 0.1) is 12.2 Å². The summed E-state index contributed by atoms with van der Waals surface area (Å²) in [6, 6.07) is -0.0350. The van der Waals surface area contributed by atoms with Gasteiger partial charge in [0, 0.05) is 5.56 Å². The number of benzene rings is 1. The highest BCUT2D eigenvalue weighted by Gasteiger charge is 2.65. The first-order valence-corrected chi connectivity index (χ1v) is 8.90. The number of fused-ring (bicyclic) bond motifs is 1. The zero-order chi connectivity index (χ0) is 20.2. The van der Waals surface area contributed by atoms with Gasteiger partial charge in [-0.3, -0.25) is 0 Å². The van der Waals surface area contributed by atoms with E-state index >= 15 is 0 Å². The van der Waals surface area contributed by atoms with Gasteiger partial charge in [0.2, 0.25) is 6.10 Å². The van der Waals surface area contributed by atoms with Gasteiger partial charge in [-0.25, -0.2) is 4.79 Å². The predicted molar refractivity (Wildman–Crippen MR) is 77.7 cm³/mol. The fraction of sp³-hybridized carbons (Fsp3) is 0.357. The number of rotatable bonds is 3. The predicted octanol–water partition coefficient (Wildman–Crippen LogP) is 5.92. The fourth-order valence-electron chi connectivity index (χ4n) is 2.31. The Labute approximate surface area is 142 Å². The summed E-state index contributed by atoms with van der Waals surface area (Å²) in [6.07, 6.45) is -7.45. The maximum atomic E-state index is 13.1. The largest absolute Gasteiger partial charge is 0.475 e. The molecule has 148 valence electrons. The van der Waals surface area contributed by atoms with Gasteiger partial charge in [0.15, 0.2) is 0 Å². The number of ether oxygens (including phenoxy) is 2. The van der Waals surface area contributed by atoms with Crippen LogP contribution in [0.3, 0.4) is 0 Å². The van der Waals surface area contributed by atoms with Gasteiger partial charge in [-0.05, 0) is 37.6 Å². The SMILES string of the molecule is CCOC(=O)C1=Cc2cc(S(F)(F)(F)(F)F)cc(C)c2OC1C(F)(F)F. The van der Waals surface area contributed by atoms with Crippen molar-refractivity contribution in [1.82, 2.24) is 0 Å². The maximum absolute atomic E-state index is 13.1. The molecule has 0 amide bonds. The van der Waals surface area contributed by atoms with E-state index in [-0.39, 0.29) is 18.7 Å². The lowest BCUT2D eigenvalue weighted by Crippen LogP contribution is -2.41. The normalized spacial score (nSPS) is 20.2. The van der Waals surface area contributed by atoms with Gasteiger partial charge in [0.1, 0.15) is 10.6 Å². The van der Waals surface area contributed by atoms with Gasteiger partial charge in [-0.2, -0.15) is 13.2 Å². The fourth-order valence-corrected chi connectivity index (χ4v) is 3.06. The molecule has 26 heavy (non-hydrogen) atoms.